The second kappa shape index (κ2) is 6.13. The molecule has 4 heteroatoms. The van der Waals surface area contributed by atoms with Crippen LogP contribution in [0, 0.1) is 27.7 Å². The number of aryl methyl sites for hydroxylation is 3. The van der Waals surface area contributed by atoms with Crippen LogP contribution in [0.3, 0.4) is 0 Å². The number of rotatable bonds is 2. The molecule has 1 unspecified atom stereocenters. The summed E-state index contributed by atoms with van der Waals surface area (Å²) in [5.74, 6) is 0. The van der Waals surface area contributed by atoms with Gasteiger partial charge in [0, 0.05) is 33.9 Å². The molecule has 1 atom stereocenters. The Morgan fingerprint density at radius 1 is 0.893 bits per heavy atom. The summed E-state index contributed by atoms with van der Waals surface area (Å²) in [4.78, 5) is 0. The van der Waals surface area contributed by atoms with Gasteiger partial charge in [0.15, 0.2) is 0 Å². The van der Waals surface area contributed by atoms with Crippen molar-refractivity contribution in [2.45, 2.75) is 33.9 Å². The van der Waals surface area contributed by atoms with Gasteiger partial charge in [-0.1, -0.05) is 36.4 Å². The third kappa shape index (κ3) is 2.41. The molecule has 0 bridgehead atoms. The number of hydrogen-bond acceptors (Lipinski definition) is 2. The molecule has 0 saturated carbocycles. The van der Waals surface area contributed by atoms with E-state index in [9.17, 15) is 0 Å². The van der Waals surface area contributed by atoms with Gasteiger partial charge in [0.25, 0.3) is 0 Å². The number of nitrogens with one attached hydrogen (secondary N) is 1. The van der Waals surface area contributed by atoms with Gasteiger partial charge in [-0.2, -0.15) is 5.10 Å². The summed E-state index contributed by atoms with van der Waals surface area (Å²) in [5.41, 5.74) is 10.8. The van der Waals surface area contributed by atoms with E-state index in [-0.39, 0.29) is 6.17 Å². The van der Waals surface area contributed by atoms with E-state index in [1.165, 1.54) is 45.1 Å². The van der Waals surface area contributed by atoms with Crippen LogP contribution in [0.15, 0.2) is 60.7 Å². The first kappa shape index (κ1) is 16.9. The highest BCUT2D eigenvalue weighted by Gasteiger charge is 2.29. The molecule has 140 valence electrons. The van der Waals surface area contributed by atoms with Crippen LogP contribution < -0.4 is 5.32 Å². The molecule has 4 aromatic rings. The van der Waals surface area contributed by atoms with E-state index in [1.807, 2.05) is 0 Å². The van der Waals surface area contributed by atoms with Crippen molar-refractivity contribution >= 4 is 5.69 Å². The first-order chi connectivity index (χ1) is 13.5. The van der Waals surface area contributed by atoms with Crippen molar-refractivity contribution in [3.8, 4) is 16.9 Å². The van der Waals surface area contributed by atoms with E-state index in [4.69, 9.17) is 5.10 Å². The minimum atomic E-state index is -0.0269. The number of benzene rings is 2. The maximum atomic E-state index is 4.84. The Morgan fingerprint density at radius 3 is 2.46 bits per heavy atom. The van der Waals surface area contributed by atoms with Crippen molar-refractivity contribution < 1.29 is 0 Å². The van der Waals surface area contributed by atoms with Crippen molar-refractivity contribution in [3.63, 3.8) is 0 Å². The molecular formula is C24H24N4. The smallest absolute Gasteiger partial charge is 0.149 e. The second-order valence-corrected chi connectivity index (χ2v) is 7.66. The molecule has 1 N–H and O–H groups in total. The Hall–Kier alpha value is -3.27. The van der Waals surface area contributed by atoms with Gasteiger partial charge >= 0.3 is 0 Å². The fraction of sp³-hybridized carbons (Fsp3) is 0.208. The highest BCUT2D eigenvalue weighted by molar-refractivity contribution is 5.81. The van der Waals surface area contributed by atoms with E-state index in [2.05, 4.69) is 103 Å². The monoisotopic (exact) mass is 368 g/mol. The normalized spacial score (nSPS) is 15.1. The fourth-order valence-corrected chi connectivity index (χ4v) is 4.43. The van der Waals surface area contributed by atoms with E-state index in [1.54, 1.807) is 0 Å². The highest BCUT2D eigenvalue weighted by Crippen LogP contribution is 2.41. The lowest BCUT2D eigenvalue weighted by atomic mass is 10.0. The molecule has 3 heterocycles. The fourth-order valence-electron chi connectivity index (χ4n) is 4.43. The van der Waals surface area contributed by atoms with Gasteiger partial charge < -0.3 is 9.88 Å². The molecule has 0 aliphatic carbocycles. The Morgan fingerprint density at radius 2 is 1.68 bits per heavy atom. The topological polar surface area (TPSA) is 34.8 Å². The molecular weight excluding hydrogens is 344 g/mol. The van der Waals surface area contributed by atoms with Gasteiger partial charge in [0.05, 0.1) is 11.4 Å². The molecule has 0 fully saturated rings. The van der Waals surface area contributed by atoms with Crippen LogP contribution in [0.25, 0.3) is 16.9 Å². The maximum Gasteiger partial charge on any atom is 0.149 e. The average molecular weight is 368 g/mol. The van der Waals surface area contributed by atoms with Crippen molar-refractivity contribution in [1.82, 2.24) is 14.3 Å². The van der Waals surface area contributed by atoms with Crippen LogP contribution in [-0.4, -0.2) is 14.3 Å². The van der Waals surface area contributed by atoms with Gasteiger partial charge in [0.2, 0.25) is 0 Å². The average Bonchev–Trinajstić information content (AvgIpc) is 3.21. The predicted molar refractivity (Wildman–Crippen MR) is 114 cm³/mol. The molecule has 0 saturated heterocycles. The summed E-state index contributed by atoms with van der Waals surface area (Å²) in [7, 11) is 0. The summed E-state index contributed by atoms with van der Waals surface area (Å²) in [5, 5.41) is 8.61. The van der Waals surface area contributed by atoms with Crippen LogP contribution in [-0.2, 0) is 0 Å². The lowest BCUT2D eigenvalue weighted by molar-refractivity contribution is 0.567. The van der Waals surface area contributed by atoms with Crippen LogP contribution in [0.2, 0.25) is 0 Å². The standard InChI is InChI=1S/C24H24N4/c1-15-9-8-12-20-22-13-16(2)26-28(22)24(25-23(15)20)21-14-17(3)27(18(21)4)19-10-6-5-7-11-19/h5-14,24-25H,1-4H3. The summed E-state index contributed by atoms with van der Waals surface area (Å²) in [6, 6.07) is 21.4. The molecule has 28 heavy (non-hydrogen) atoms. The Kier molecular flexibility index (Phi) is 3.69. The molecule has 2 aromatic carbocycles. The second-order valence-electron chi connectivity index (χ2n) is 7.66. The molecule has 5 rings (SSSR count). The van der Waals surface area contributed by atoms with Gasteiger partial charge in [-0.05, 0) is 57.5 Å². The van der Waals surface area contributed by atoms with Crippen LogP contribution in [0.1, 0.15) is 34.4 Å². The molecule has 2 aromatic heterocycles. The molecule has 0 spiro atoms. The number of anilines is 1. The quantitative estimate of drug-likeness (QED) is 0.504. The first-order valence-electron chi connectivity index (χ1n) is 9.71. The number of para-hydroxylation sites is 2. The van der Waals surface area contributed by atoms with Crippen molar-refractivity contribution in [2.75, 3.05) is 5.32 Å². The largest absolute Gasteiger partial charge is 0.359 e. The number of hydrogen-bond donors (Lipinski definition) is 1. The predicted octanol–water partition coefficient (Wildman–Crippen LogP) is 5.55. The molecule has 1 aliphatic rings. The SMILES string of the molecule is Cc1cc2n(n1)C(c1cc(C)n(-c3ccccc3)c1C)Nc1c(C)cccc1-2. The number of aromatic nitrogens is 3. The summed E-state index contributed by atoms with van der Waals surface area (Å²) >= 11 is 0. The van der Waals surface area contributed by atoms with E-state index >= 15 is 0 Å². The lowest BCUT2D eigenvalue weighted by Gasteiger charge is -2.30. The zero-order valence-electron chi connectivity index (χ0n) is 16.7. The van der Waals surface area contributed by atoms with Gasteiger partial charge in [-0.3, -0.25) is 0 Å². The van der Waals surface area contributed by atoms with Gasteiger partial charge in [-0.25, -0.2) is 4.68 Å². The minimum Gasteiger partial charge on any atom is -0.359 e. The zero-order chi connectivity index (χ0) is 19.4. The lowest BCUT2D eigenvalue weighted by Crippen LogP contribution is -2.26. The van der Waals surface area contributed by atoms with Crippen LogP contribution in [0.5, 0.6) is 0 Å². The highest BCUT2D eigenvalue weighted by atomic mass is 15.4. The Bertz CT molecular complexity index is 1180. The van der Waals surface area contributed by atoms with E-state index in [0.717, 1.165) is 5.69 Å². The zero-order valence-corrected chi connectivity index (χ0v) is 16.7. The van der Waals surface area contributed by atoms with E-state index in [0.29, 0.717) is 0 Å². The van der Waals surface area contributed by atoms with Gasteiger partial charge in [-0.15, -0.1) is 0 Å². The first-order valence-corrected chi connectivity index (χ1v) is 9.71. The molecule has 1 aliphatic heterocycles. The summed E-state index contributed by atoms with van der Waals surface area (Å²) in [6.07, 6.45) is -0.0269. The van der Waals surface area contributed by atoms with E-state index < -0.39 is 0 Å². The Balaban J connectivity index is 1.70. The van der Waals surface area contributed by atoms with Crippen LogP contribution in [0.4, 0.5) is 5.69 Å². The third-order valence-electron chi connectivity index (χ3n) is 5.71. The van der Waals surface area contributed by atoms with Gasteiger partial charge in [0.1, 0.15) is 6.17 Å². The van der Waals surface area contributed by atoms with Crippen molar-refractivity contribution in [2.24, 2.45) is 0 Å². The third-order valence-corrected chi connectivity index (χ3v) is 5.71. The number of fused-ring (bicyclic) bond motifs is 3. The van der Waals surface area contributed by atoms with Crippen molar-refractivity contribution in [1.29, 1.82) is 0 Å². The molecule has 4 nitrogen and oxygen atoms in total. The Labute approximate surface area is 165 Å². The minimum absolute atomic E-state index is 0.0269. The molecule has 0 amide bonds. The molecule has 0 radical (unpaired) electrons. The maximum absolute atomic E-state index is 4.84. The summed E-state index contributed by atoms with van der Waals surface area (Å²) < 4.78 is 4.45. The van der Waals surface area contributed by atoms with Crippen LogP contribution >= 0.6 is 0 Å². The summed E-state index contributed by atoms with van der Waals surface area (Å²) in [6.45, 7) is 8.58. The van der Waals surface area contributed by atoms with Crippen molar-refractivity contribution in [3.05, 3.63) is 88.9 Å². The number of nitrogens with zero attached hydrogens (tertiary/aromatic N) is 3.